The van der Waals surface area contributed by atoms with Crippen LogP contribution in [-0.2, 0) is 14.3 Å². The summed E-state index contributed by atoms with van der Waals surface area (Å²) in [5.74, 6) is 0.155. The fraction of sp³-hybridized carbons (Fsp3) is 0.970. The number of rotatable bonds is 31. The van der Waals surface area contributed by atoms with Crippen molar-refractivity contribution < 1.29 is 14.3 Å². The van der Waals surface area contributed by atoms with E-state index < -0.39 is 0 Å². The van der Waals surface area contributed by atoms with Gasteiger partial charge < -0.3 is 20.5 Å². The molecule has 0 saturated carbocycles. The van der Waals surface area contributed by atoms with Crippen LogP contribution in [0.25, 0.3) is 0 Å². The Labute approximate surface area is 239 Å². The minimum absolute atomic E-state index is 0. The first kappa shape index (κ1) is 39.5. The van der Waals surface area contributed by atoms with E-state index in [4.69, 9.17) is 9.47 Å². The van der Waals surface area contributed by atoms with Crippen molar-refractivity contribution in [2.75, 3.05) is 40.0 Å². The van der Waals surface area contributed by atoms with E-state index in [1.165, 1.54) is 141 Å². The van der Waals surface area contributed by atoms with Crippen LogP contribution < -0.4 is 6.15 Å². The van der Waals surface area contributed by atoms with Gasteiger partial charge in [0, 0.05) is 20.2 Å². The first-order chi connectivity index (χ1) is 18.3. The van der Waals surface area contributed by atoms with Gasteiger partial charge >= 0.3 is 0 Å². The molecule has 0 atom stereocenters. The Bertz CT molecular complexity index is 420. The number of carbonyl (C=O) groups is 1. The average molecular weight is 543 g/mol. The predicted molar refractivity (Wildman–Crippen MR) is 166 cm³/mol. The molecule has 0 aliphatic carbocycles. The quantitative estimate of drug-likeness (QED) is 0.0884. The molecule has 38 heavy (non-hydrogen) atoms. The summed E-state index contributed by atoms with van der Waals surface area (Å²) in [5, 5.41) is 0. The summed E-state index contributed by atoms with van der Waals surface area (Å²) in [6.07, 6.45) is 32.4. The van der Waals surface area contributed by atoms with Gasteiger partial charge in [-0.05, 0) is 12.8 Å². The highest BCUT2D eigenvalue weighted by Gasteiger charge is 2.13. The summed E-state index contributed by atoms with van der Waals surface area (Å²) < 4.78 is 10.6. The van der Waals surface area contributed by atoms with E-state index in [9.17, 15) is 4.79 Å². The third kappa shape index (κ3) is 29.9. The van der Waals surface area contributed by atoms with Crippen LogP contribution >= 0.6 is 0 Å². The summed E-state index contributed by atoms with van der Waals surface area (Å²) >= 11 is 0. The highest BCUT2D eigenvalue weighted by Crippen LogP contribution is 2.14. The third-order valence-electron chi connectivity index (χ3n) is 7.57. The maximum absolute atomic E-state index is 12.7. The van der Waals surface area contributed by atoms with Gasteiger partial charge in [-0.2, -0.15) is 0 Å². The van der Waals surface area contributed by atoms with Crippen LogP contribution in [0.3, 0.4) is 0 Å². The van der Waals surface area contributed by atoms with Crippen LogP contribution in [0.1, 0.15) is 168 Å². The van der Waals surface area contributed by atoms with Crippen molar-refractivity contribution in [2.45, 2.75) is 168 Å². The molecule has 0 radical (unpaired) electrons. The minimum atomic E-state index is 0. The molecular formula is C33H70N2O3. The predicted octanol–water partition coefficient (Wildman–Crippen LogP) is 10.0. The fourth-order valence-corrected chi connectivity index (χ4v) is 5.04. The van der Waals surface area contributed by atoms with Gasteiger partial charge in [0.05, 0.1) is 13.2 Å². The zero-order chi connectivity index (χ0) is 27.1. The largest absolute Gasteiger partial charge is 0.382 e. The van der Waals surface area contributed by atoms with Gasteiger partial charge in [0.2, 0.25) is 5.91 Å². The summed E-state index contributed by atoms with van der Waals surface area (Å²) in [5.41, 5.74) is 0. The summed E-state index contributed by atoms with van der Waals surface area (Å²) in [6.45, 7) is 7.58. The van der Waals surface area contributed by atoms with Crippen molar-refractivity contribution in [3.63, 3.8) is 0 Å². The van der Waals surface area contributed by atoms with Crippen molar-refractivity contribution in [2.24, 2.45) is 0 Å². The number of hydrogen-bond donors (Lipinski definition) is 1. The smallest absolute Gasteiger partial charge is 0.248 e. The number of amides is 1. The van der Waals surface area contributed by atoms with Gasteiger partial charge in [-0.15, -0.1) is 0 Å². The van der Waals surface area contributed by atoms with E-state index in [-0.39, 0.29) is 18.7 Å². The first-order valence-electron chi connectivity index (χ1n) is 16.6. The highest BCUT2D eigenvalue weighted by atomic mass is 16.5. The lowest BCUT2D eigenvalue weighted by Crippen LogP contribution is -2.36. The van der Waals surface area contributed by atoms with E-state index in [2.05, 4.69) is 18.7 Å². The van der Waals surface area contributed by atoms with Crippen LogP contribution in [0.2, 0.25) is 0 Å². The average Bonchev–Trinajstić information content (AvgIpc) is 2.91. The number of hydrogen-bond acceptors (Lipinski definition) is 4. The molecule has 230 valence electrons. The van der Waals surface area contributed by atoms with Crippen LogP contribution in [0, 0.1) is 0 Å². The summed E-state index contributed by atoms with van der Waals surface area (Å²) in [7, 11) is 1.67. The minimum Gasteiger partial charge on any atom is -0.382 e. The number of methoxy groups -OCH3 is 1. The molecular weight excluding hydrogens is 472 g/mol. The van der Waals surface area contributed by atoms with Gasteiger partial charge in [0.15, 0.2) is 0 Å². The van der Waals surface area contributed by atoms with Gasteiger partial charge in [-0.1, -0.05) is 155 Å². The normalized spacial score (nSPS) is 11.0. The molecule has 5 heteroatoms. The summed E-state index contributed by atoms with van der Waals surface area (Å²) in [6, 6.07) is 0. The Morgan fingerprint density at radius 2 is 0.816 bits per heavy atom. The van der Waals surface area contributed by atoms with Gasteiger partial charge in [0.1, 0.15) is 6.61 Å². The van der Waals surface area contributed by atoms with Crippen LogP contribution in [0.5, 0.6) is 0 Å². The molecule has 3 N–H and O–H groups in total. The molecule has 0 aliphatic heterocycles. The molecule has 0 heterocycles. The Morgan fingerprint density at radius 3 is 1.13 bits per heavy atom. The highest BCUT2D eigenvalue weighted by molar-refractivity contribution is 5.77. The molecule has 0 spiro atoms. The second-order valence-electron chi connectivity index (χ2n) is 11.2. The third-order valence-corrected chi connectivity index (χ3v) is 7.57. The van der Waals surface area contributed by atoms with Crippen LogP contribution in [-0.4, -0.2) is 50.8 Å². The second-order valence-corrected chi connectivity index (χ2v) is 11.2. The molecule has 0 aromatic rings. The molecule has 0 unspecified atom stereocenters. The van der Waals surface area contributed by atoms with Gasteiger partial charge in [0.25, 0.3) is 0 Å². The number of ether oxygens (including phenoxy) is 2. The van der Waals surface area contributed by atoms with Crippen LogP contribution in [0.15, 0.2) is 0 Å². The van der Waals surface area contributed by atoms with Crippen LogP contribution in [0.4, 0.5) is 0 Å². The molecule has 0 rings (SSSR count). The zero-order valence-corrected chi connectivity index (χ0v) is 26.4. The molecule has 0 bridgehead atoms. The lowest BCUT2D eigenvalue weighted by molar-refractivity contribution is -0.136. The fourth-order valence-electron chi connectivity index (χ4n) is 5.04. The van der Waals surface area contributed by atoms with E-state index in [1.807, 2.05) is 0 Å². The van der Waals surface area contributed by atoms with E-state index >= 15 is 0 Å². The standard InChI is InChI=1S/C33H67NO3.H3N/c1-4-6-8-10-12-14-16-18-20-22-24-26-28-34(33(35)32-37-31-30-36-3)29-27-25-23-21-19-17-15-13-11-9-7-5-2;/h4-32H2,1-3H3;1H3. The van der Waals surface area contributed by atoms with Crippen molar-refractivity contribution >= 4 is 5.91 Å². The molecule has 1 amide bonds. The number of unbranched alkanes of at least 4 members (excludes halogenated alkanes) is 22. The van der Waals surface area contributed by atoms with Crippen molar-refractivity contribution in [1.29, 1.82) is 0 Å². The van der Waals surface area contributed by atoms with E-state index in [0.717, 1.165) is 25.9 Å². The lowest BCUT2D eigenvalue weighted by Gasteiger charge is -2.23. The van der Waals surface area contributed by atoms with Gasteiger partial charge in [-0.25, -0.2) is 0 Å². The Balaban J connectivity index is 0. The SMILES string of the molecule is CCCCCCCCCCCCCCN(CCCCCCCCCCCCCC)C(=O)COCCOC.N. The number of nitrogens with zero attached hydrogens (tertiary/aromatic N) is 1. The van der Waals surface area contributed by atoms with Crippen molar-refractivity contribution in [3.05, 3.63) is 0 Å². The lowest BCUT2D eigenvalue weighted by atomic mass is 10.0. The monoisotopic (exact) mass is 543 g/mol. The Morgan fingerprint density at radius 1 is 0.500 bits per heavy atom. The second kappa shape index (κ2) is 34.4. The Hall–Kier alpha value is -0.650. The Kier molecular flexibility index (Phi) is 35.7. The molecule has 0 aliphatic rings. The molecule has 0 aromatic heterocycles. The molecule has 0 saturated heterocycles. The summed E-state index contributed by atoms with van der Waals surface area (Å²) in [4.78, 5) is 14.8. The molecule has 0 aromatic carbocycles. The van der Waals surface area contributed by atoms with Gasteiger partial charge in [-0.3, -0.25) is 4.79 Å². The van der Waals surface area contributed by atoms with E-state index in [0.29, 0.717) is 13.2 Å². The van der Waals surface area contributed by atoms with Crippen molar-refractivity contribution in [1.82, 2.24) is 11.1 Å². The molecule has 5 nitrogen and oxygen atoms in total. The zero-order valence-electron chi connectivity index (χ0n) is 26.4. The van der Waals surface area contributed by atoms with E-state index in [1.54, 1.807) is 7.11 Å². The number of carbonyl (C=O) groups excluding carboxylic acids is 1. The van der Waals surface area contributed by atoms with Crippen molar-refractivity contribution in [3.8, 4) is 0 Å². The first-order valence-corrected chi connectivity index (χ1v) is 16.6. The maximum Gasteiger partial charge on any atom is 0.248 e. The molecule has 0 fully saturated rings. The topological polar surface area (TPSA) is 73.8 Å². The maximum atomic E-state index is 12.7.